The van der Waals surface area contributed by atoms with E-state index < -0.39 is 0 Å². The highest BCUT2D eigenvalue weighted by Gasteiger charge is 2.28. The molecule has 5 heteroatoms. The van der Waals surface area contributed by atoms with E-state index in [0.29, 0.717) is 11.5 Å². The van der Waals surface area contributed by atoms with Crippen molar-refractivity contribution in [3.05, 3.63) is 77.1 Å². The van der Waals surface area contributed by atoms with E-state index in [9.17, 15) is 4.79 Å². The third-order valence-corrected chi connectivity index (χ3v) is 4.80. The van der Waals surface area contributed by atoms with Crippen LogP contribution in [0.4, 0.5) is 17.3 Å². The zero-order valence-corrected chi connectivity index (χ0v) is 15.7. The van der Waals surface area contributed by atoms with Gasteiger partial charge in [0.2, 0.25) is 5.95 Å². The number of nitrogens with one attached hydrogen (secondary N) is 1. The van der Waals surface area contributed by atoms with Gasteiger partial charge >= 0.3 is 0 Å². The molecule has 1 amide bonds. The molecule has 1 aliphatic rings. The fraction of sp³-hybridized carbons (Fsp3) is 0.227. The van der Waals surface area contributed by atoms with Gasteiger partial charge in [-0.05, 0) is 62.1 Å². The van der Waals surface area contributed by atoms with Crippen LogP contribution in [0.15, 0.2) is 54.9 Å². The van der Waals surface area contributed by atoms with E-state index in [1.165, 1.54) is 5.56 Å². The molecule has 1 unspecified atom stereocenters. The summed E-state index contributed by atoms with van der Waals surface area (Å²) in [4.78, 5) is 23.6. The number of aromatic nitrogens is 2. The minimum atomic E-state index is -0.207. The number of hydrogen-bond donors (Lipinski definition) is 1. The molecule has 27 heavy (non-hydrogen) atoms. The van der Waals surface area contributed by atoms with Gasteiger partial charge in [-0.2, -0.15) is 0 Å². The predicted octanol–water partition coefficient (Wildman–Crippen LogP) is 4.43. The standard InChI is InChI=1S/C22H22N4O/c1-14-8-15(2)10-19(9-14)25-21(27)18-12-23-22(24-13-18)26-16(3)11-17-6-4-5-7-20(17)26/h4-10,12-13,16H,11H2,1-3H3,(H,25,27). The number of carbonyl (C=O) groups excluding carboxylic acids is 1. The fourth-order valence-electron chi connectivity index (χ4n) is 3.68. The first kappa shape index (κ1) is 17.2. The Hall–Kier alpha value is -3.21. The molecule has 0 saturated carbocycles. The number of fused-ring (bicyclic) bond motifs is 1. The molecular formula is C22H22N4O. The summed E-state index contributed by atoms with van der Waals surface area (Å²) in [7, 11) is 0. The number of aryl methyl sites for hydroxylation is 2. The number of para-hydroxylation sites is 1. The number of benzene rings is 2. The van der Waals surface area contributed by atoms with Gasteiger partial charge in [0.25, 0.3) is 5.91 Å². The molecule has 2 aromatic carbocycles. The monoisotopic (exact) mass is 358 g/mol. The Kier molecular flexibility index (Phi) is 4.36. The van der Waals surface area contributed by atoms with Gasteiger partial charge in [0.1, 0.15) is 0 Å². The lowest BCUT2D eigenvalue weighted by Gasteiger charge is -2.22. The number of rotatable bonds is 3. The second kappa shape index (κ2) is 6.83. The molecule has 0 bridgehead atoms. The van der Waals surface area contributed by atoms with E-state index in [-0.39, 0.29) is 11.9 Å². The molecule has 1 aromatic heterocycles. The molecule has 1 atom stereocenters. The van der Waals surface area contributed by atoms with Crippen molar-refractivity contribution < 1.29 is 4.79 Å². The van der Waals surface area contributed by atoms with Crippen molar-refractivity contribution >= 4 is 23.2 Å². The molecule has 0 aliphatic carbocycles. The highest BCUT2D eigenvalue weighted by Crippen LogP contribution is 2.36. The highest BCUT2D eigenvalue weighted by atomic mass is 16.1. The van der Waals surface area contributed by atoms with Gasteiger partial charge < -0.3 is 10.2 Å². The number of nitrogens with zero attached hydrogens (tertiary/aromatic N) is 3. The molecule has 0 radical (unpaired) electrons. The van der Waals surface area contributed by atoms with Gasteiger partial charge in [-0.3, -0.25) is 4.79 Å². The lowest BCUT2D eigenvalue weighted by molar-refractivity contribution is 0.102. The van der Waals surface area contributed by atoms with Crippen LogP contribution in [0.5, 0.6) is 0 Å². The normalized spacial score (nSPS) is 15.5. The Bertz CT molecular complexity index is 977. The fourth-order valence-corrected chi connectivity index (χ4v) is 3.68. The first-order valence-corrected chi connectivity index (χ1v) is 9.10. The predicted molar refractivity (Wildman–Crippen MR) is 108 cm³/mol. The number of hydrogen-bond acceptors (Lipinski definition) is 4. The molecule has 3 aromatic rings. The molecular weight excluding hydrogens is 336 g/mol. The van der Waals surface area contributed by atoms with Crippen molar-refractivity contribution in [2.45, 2.75) is 33.2 Å². The van der Waals surface area contributed by atoms with Gasteiger partial charge in [-0.1, -0.05) is 24.3 Å². The quantitative estimate of drug-likeness (QED) is 0.752. The summed E-state index contributed by atoms with van der Waals surface area (Å²) in [5, 5.41) is 2.92. The van der Waals surface area contributed by atoms with Crippen molar-refractivity contribution in [2.24, 2.45) is 0 Å². The van der Waals surface area contributed by atoms with Crippen molar-refractivity contribution in [1.82, 2.24) is 9.97 Å². The summed E-state index contributed by atoms with van der Waals surface area (Å²) in [5.41, 5.74) is 5.88. The van der Waals surface area contributed by atoms with Gasteiger partial charge in [0.05, 0.1) is 5.56 Å². The van der Waals surface area contributed by atoms with Crippen LogP contribution in [0, 0.1) is 13.8 Å². The van der Waals surface area contributed by atoms with E-state index in [1.807, 2.05) is 32.0 Å². The van der Waals surface area contributed by atoms with Crippen LogP contribution >= 0.6 is 0 Å². The SMILES string of the molecule is Cc1cc(C)cc(NC(=O)c2cnc(N3c4ccccc4CC3C)nc2)c1. The van der Waals surface area contributed by atoms with Crippen LogP contribution in [0.3, 0.4) is 0 Å². The van der Waals surface area contributed by atoms with Crippen molar-refractivity contribution in [3.63, 3.8) is 0 Å². The van der Waals surface area contributed by atoms with Crippen LogP contribution in [-0.4, -0.2) is 21.9 Å². The topological polar surface area (TPSA) is 58.1 Å². The van der Waals surface area contributed by atoms with E-state index >= 15 is 0 Å². The maximum Gasteiger partial charge on any atom is 0.258 e. The summed E-state index contributed by atoms with van der Waals surface area (Å²) in [6, 6.07) is 14.6. The third-order valence-electron chi connectivity index (χ3n) is 4.80. The first-order chi connectivity index (χ1) is 13.0. The average molecular weight is 358 g/mol. The van der Waals surface area contributed by atoms with E-state index in [0.717, 1.165) is 28.9 Å². The molecule has 4 rings (SSSR count). The molecule has 0 saturated heterocycles. The van der Waals surface area contributed by atoms with Gasteiger partial charge in [-0.15, -0.1) is 0 Å². The van der Waals surface area contributed by atoms with Gasteiger partial charge in [-0.25, -0.2) is 9.97 Å². The largest absolute Gasteiger partial charge is 0.322 e. The van der Waals surface area contributed by atoms with Crippen LogP contribution < -0.4 is 10.2 Å². The Morgan fingerprint density at radius 1 is 1.07 bits per heavy atom. The lowest BCUT2D eigenvalue weighted by atomic mass is 10.1. The maximum absolute atomic E-state index is 12.5. The Morgan fingerprint density at radius 2 is 1.74 bits per heavy atom. The Balaban J connectivity index is 1.55. The molecule has 136 valence electrons. The Morgan fingerprint density at radius 3 is 2.44 bits per heavy atom. The summed E-state index contributed by atoms with van der Waals surface area (Å²) >= 11 is 0. The molecule has 0 fully saturated rings. The van der Waals surface area contributed by atoms with Crippen LogP contribution in [0.25, 0.3) is 0 Å². The molecule has 1 aliphatic heterocycles. The van der Waals surface area contributed by atoms with Crippen LogP contribution in [0.1, 0.15) is 34.0 Å². The number of anilines is 3. The summed E-state index contributed by atoms with van der Waals surface area (Å²) in [6.07, 6.45) is 4.15. The second-order valence-corrected chi connectivity index (χ2v) is 7.15. The molecule has 0 spiro atoms. The lowest BCUT2D eigenvalue weighted by Crippen LogP contribution is -2.26. The zero-order valence-electron chi connectivity index (χ0n) is 15.7. The van der Waals surface area contributed by atoms with Crippen molar-refractivity contribution in [1.29, 1.82) is 0 Å². The number of amides is 1. The average Bonchev–Trinajstić information content (AvgIpc) is 2.96. The smallest absolute Gasteiger partial charge is 0.258 e. The Labute approximate surface area is 159 Å². The molecule has 5 nitrogen and oxygen atoms in total. The van der Waals surface area contributed by atoms with E-state index in [4.69, 9.17) is 0 Å². The van der Waals surface area contributed by atoms with Crippen LogP contribution in [-0.2, 0) is 6.42 Å². The summed E-state index contributed by atoms with van der Waals surface area (Å²) < 4.78 is 0. The molecule has 2 heterocycles. The highest BCUT2D eigenvalue weighted by molar-refractivity contribution is 6.04. The minimum Gasteiger partial charge on any atom is -0.322 e. The van der Waals surface area contributed by atoms with Gasteiger partial charge in [0, 0.05) is 29.8 Å². The van der Waals surface area contributed by atoms with E-state index in [2.05, 4.69) is 51.4 Å². The van der Waals surface area contributed by atoms with E-state index in [1.54, 1.807) is 12.4 Å². The first-order valence-electron chi connectivity index (χ1n) is 9.10. The summed E-state index contributed by atoms with van der Waals surface area (Å²) in [5.74, 6) is 0.414. The third kappa shape index (κ3) is 3.40. The second-order valence-electron chi connectivity index (χ2n) is 7.15. The molecule has 1 N–H and O–H groups in total. The van der Waals surface area contributed by atoms with Gasteiger partial charge in [0.15, 0.2) is 0 Å². The zero-order chi connectivity index (χ0) is 19.0. The summed E-state index contributed by atoms with van der Waals surface area (Å²) in [6.45, 7) is 6.18. The van der Waals surface area contributed by atoms with Crippen molar-refractivity contribution in [3.8, 4) is 0 Å². The maximum atomic E-state index is 12.5. The minimum absolute atomic E-state index is 0.207. The number of carbonyl (C=O) groups is 1. The van der Waals surface area contributed by atoms with Crippen LogP contribution in [0.2, 0.25) is 0 Å². The van der Waals surface area contributed by atoms with Crippen molar-refractivity contribution in [2.75, 3.05) is 10.2 Å².